The summed E-state index contributed by atoms with van der Waals surface area (Å²) in [7, 11) is 0. The molecule has 2 aromatic carbocycles. The van der Waals surface area contributed by atoms with Gasteiger partial charge in [-0.2, -0.15) is 0 Å². The second kappa shape index (κ2) is 7.78. The summed E-state index contributed by atoms with van der Waals surface area (Å²) in [6.45, 7) is 3.11. The third-order valence-corrected chi connectivity index (χ3v) is 3.47. The Kier molecular flexibility index (Phi) is 5.76. The van der Waals surface area contributed by atoms with E-state index in [4.69, 9.17) is 4.74 Å². The highest BCUT2D eigenvalue weighted by Gasteiger charge is 2.15. The summed E-state index contributed by atoms with van der Waals surface area (Å²) < 4.78 is 6.54. The topological polar surface area (TPSA) is 67.4 Å². The second-order valence-corrected chi connectivity index (χ2v) is 5.88. The van der Waals surface area contributed by atoms with E-state index >= 15 is 0 Å². The molecule has 0 fully saturated rings. The van der Waals surface area contributed by atoms with Gasteiger partial charge in [0.1, 0.15) is 5.75 Å². The fourth-order valence-electron chi connectivity index (χ4n) is 1.89. The standard InChI is InChI=1S/C17H17BrN2O3/c1-11(23-16-8-6-13(18)7-9-16)17(22)20-15-5-3-4-14(10-15)19-12(2)21/h3-11H,1-2H3,(H,19,21)(H,20,22). The SMILES string of the molecule is CC(=O)Nc1cccc(NC(=O)C(C)Oc2ccc(Br)cc2)c1. The van der Waals surface area contributed by atoms with E-state index in [9.17, 15) is 9.59 Å². The van der Waals surface area contributed by atoms with Gasteiger partial charge < -0.3 is 15.4 Å². The molecule has 0 aliphatic heterocycles. The van der Waals surface area contributed by atoms with Crippen LogP contribution < -0.4 is 15.4 Å². The molecule has 0 saturated heterocycles. The van der Waals surface area contributed by atoms with E-state index in [1.54, 1.807) is 43.3 Å². The molecule has 0 radical (unpaired) electrons. The van der Waals surface area contributed by atoms with Crippen molar-refractivity contribution in [1.29, 1.82) is 0 Å². The van der Waals surface area contributed by atoms with Crippen molar-refractivity contribution in [3.63, 3.8) is 0 Å². The molecule has 0 bridgehead atoms. The monoisotopic (exact) mass is 376 g/mol. The number of hydrogen-bond acceptors (Lipinski definition) is 3. The van der Waals surface area contributed by atoms with Crippen LogP contribution in [-0.4, -0.2) is 17.9 Å². The van der Waals surface area contributed by atoms with E-state index in [1.807, 2.05) is 12.1 Å². The van der Waals surface area contributed by atoms with Crippen molar-refractivity contribution in [2.45, 2.75) is 20.0 Å². The Labute approximate surface area is 143 Å². The molecule has 1 unspecified atom stereocenters. The highest BCUT2D eigenvalue weighted by atomic mass is 79.9. The molecule has 1 atom stereocenters. The number of benzene rings is 2. The normalized spacial score (nSPS) is 11.4. The van der Waals surface area contributed by atoms with E-state index in [0.29, 0.717) is 17.1 Å². The number of rotatable bonds is 5. The van der Waals surface area contributed by atoms with Crippen LogP contribution in [0.5, 0.6) is 5.75 Å². The first-order valence-electron chi connectivity index (χ1n) is 7.05. The molecule has 0 aromatic heterocycles. The number of carbonyl (C=O) groups is 2. The van der Waals surface area contributed by atoms with Crippen LogP contribution in [0.25, 0.3) is 0 Å². The fourth-order valence-corrected chi connectivity index (χ4v) is 2.16. The van der Waals surface area contributed by atoms with Crippen LogP contribution in [0.3, 0.4) is 0 Å². The Morgan fingerprint density at radius 1 is 1.04 bits per heavy atom. The third kappa shape index (κ3) is 5.41. The van der Waals surface area contributed by atoms with Gasteiger partial charge in [0.05, 0.1) is 0 Å². The van der Waals surface area contributed by atoms with E-state index in [0.717, 1.165) is 4.47 Å². The number of hydrogen-bond donors (Lipinski definition) is 2. The summed E-state index contributed by atoms with van der Waals surface area (Å²) in [4.78, 5) is 23.2. The summed E-state index contributed by atoms with van der Waals surface area (Å²) >= 11 is 3.34. The zero-order chi connectivity index (χ0) is 16.8. The van der Waals surface area contributed by atoms with Gasteiger partial charge >= 0.3 is 0 Å². The zero-order valence-corrected chi connectivity index (χ0v) is 14.4. The molecule has 23 heavy (non-hydrogen) atoms. The Hall–Kier alpha value is -2.34. The number of nitrogens with one attached hydrogen (secondary N) is 2. The Balaban J connectivity index is 1.97. The highest BCUT2D eigenvalue weighted by molar-refractivity contribution is 9.10. The highest BCUT2D eigenvalue weighted by Crippen LogP contribution is 2.19. The number of carbonyl (C=O) groups excluding carboxylic acids is 2. The quantitative estimate of drug-likeness (QED) is 0.833. The third-order valence-electron chi connectivity index (χ3n) is 2.95. The molecule has 0 spiro atoms. The van der Waals surface area contributed by atoms with E-state index in [-0.39, 0.29) is 11.8 Å². The van der Waals surface area contributed by atoms with Crippen LogP contribution in [0.1, 0.15) is 13.8 Å². The lowest BCUT2D eigenvalue weighted by Crippen LogP contribution is -2.30. The van der Waals surface area contributed by atoms with Gasteiger partial charge in [0.15, 0.2) is 6.10 Å². The first-order valence-corrected chi connectivity index (χ1v) is 7.84. The smallest absolute Gasteiger partial charge is 0.265 e. The van der Waals surface area contributed by atoms with Gasteiger partial charge in [-0.25, -0.2) is 0 Å². The van der Waals surface area contributed by atoms with E-state index in [1.165, 1.54) is 6.92 Å². The van der Waals surface area contributed by atoms with E-state index in [2.05, 4.69) is 26.6 Å². The molecule has 2 N–H and O–H groups in total. The molecular formula is C17H17BrN2O3. The average molecular weight is 377 g/mol. The van der Waals surface area contributed by atoms with Crippen LogP contribution in [0.2, 0.25) is 0 Å². The Morgan fingerprint density at radius 3 is 2.26 bits per heavy atom. The van der Waals surface area contributed by atoms with Crippen molar-refractivity contribution in [2.24, 2.45) is 0 Å². The maximum Gasteiger partial charge on any atom is 0.265 e. The largest absolute Gasteiger partial charge is 0.481 e. The van der Waals surface area contributed by atoms with Gasteiger partial charge in [0.25, 0.3) is 5.91 Å². The van der Waals surface area contributed by atoms with Crippen LogP contribution in [0, 0.1) is 0 Å². The molecule has 0 aliphatic rings. The zero-order valence-electron chi connectivity index (χ0n) is 12.8. The predicted octanol–water partition coefficient (Wildman–Crippen LogP) is 3.81. The summed E-state index contributed by atoms with van der Waals surface area (Å²) in [5.41, 5.74) is 1.21. The maximum atomic E-state index is 12.2. The summed E-state index contributed by atoms with van der Waals surface area (Å²) in [5.74, 6) is 0.177. The second-order valence-electron chi connectivity index (χ2n) is 4.97. The van der Waals surface area contributed by atoms with Crippen molar-refractivity contribution in [1.82, 2.24) is 0 Å². The lowest BCUT2D eigenvalue weighted by Gasteiger charge is -2.15. The number of anilines is 2. The first-order chi connectivity index (χ1) is 10.9. The molecule has 6 heteroatoms. The molecule has 0 aliphatic carbocycles. The van der Waals surface area contributed by atoms with Crippen molar-refractivity contribution in [3.8, 4) is 5.75 Å². The van der Waals surface area contributed by atoms with Crippen molar-refractivity contribution in [2.75, 3.05) is 10.6 Å². The van der Waals surface area contributed by atoms with Crippen LogP contribution in [0.4, 0.5) is 11.4 Å². The van der Waals surface area contributed by atoms with Gasteiger partial charge in [-0.15, -0.1) is 0 Å². The molecule has 0 heterocycles. The predicted molar refractivity (Wildman–Crippen MR) is 93.6 cm³/mol. The lowest BCUT2D eigenvalue weighted by molar-refractivity contribution is -0.122. The van der Waals surface area contributed by atoms with Gasteiger partial charge in [-0.1, -0.05) is 22.0 Å². The molecule has 120 valence electrons. The average Bonchev–Trinajstić information content (AvgIpc) is 2.49. The van der Waals surface area contributed by atoms with Gasteiger partial charge in [0, 0.05) is 22.8 Å². The fraction of sp³-hybridized carbons (Fsp3) is 0.176. The minimum atomic E-state index is -0.652. The van der Waals surface area contributed by atoms with E-state index < -0.39 is 6.10 Å². The van der Waals surface area contributed by atoms with Crippen LogP contribution in [-0.2, 0) is 9.59 Å². The number of halogens is 1. The molecule has 0 saturated carbocycles. The Bertz CT molecular complexity index is 701. The van der Waals surface area contributed by atoms with Gasteiger partial charge in [-0.3, -0.25) is 9.59 Å². The maximum absolute atomic E-state index is 12.2. The van der Waals surface area contributed by atoms with Gasteiger partial charge in [-0.05, 0) is 49.4 Å². The molecule has 2 rings (SSSR count). The number of ether oxygens (including phenoxy) is 1. The lowest BCUT2D eigenvalue weighted by atomic mass is 10.2. The van der Waals surface area contributed by atoms with Crippen molar-refractivity contribution >= 4 is 39.1 Å². The molecular weight excluding hydrogens is 360 g/mol. The number of amides is 2. The minimum absolute atomic E-state index is 0.166. The first kappa shape index (κ1) is 17.0. The van der Waals surface area contributed by atoms with Crippen LogP contribution >= 0.6 is 15.9 Å². The molecule has 2 amide bonds. The summed E-state index contributed by atoms with van der Waals surface area (Å²) in [5, 5.41) is 5.43. The van der Waals surface area contributed by atoms with Gasteiger partial charge in [0.2, 0.25) is 5.91 Å². The summed E-state index contributed by atoms with van der Waals surface area (Å²) in [6.07, 6.45) is -0.652. The molecule has 5 nitrogen and oxygen atoms in total. The minimum Gasteiger partial charge on any atom is -0.481 e. The Morgan fingerprint density at radius 2 is 1.65 bits per heavy atom. The van der Waals surface area contributed by atoms with Crippen molar-refractivity contribution < 1.29 is 14.3 Å². The van der Waals surface area contributed by atoms with Crippen molar-refractivity contribution in [3.05, 3.63) is 53.0 Å². The van der Waals surface area contributed by atoms with Crippen LogP contribution in [0.15, 0.2) is 53.0 Å². The summed E-state index contributed by atoms with van der Waals surface area (Å²) in [6, 6.07) is 14.2. The molecule has 2 aromatic rings.